The Morgan fingerprint density at radius 3 is 2.08 bits per heavy atom. The lowest BCUT2D eigenvalue weighted by molar-refractivity contribution is -0.143. The first-order valence-electron chi connectivity index (χ1n) is 11.7. The van der Waals surface area contributed by atoms with Crippen LogP contribution >= 0.6 is 0 Å². The van der Waals surface area contributed by atoms with Crippen molar-refractivity contribution in [2.45, 2.75) is 62.7 Å². The number of nitrogens with one attached hydrogen (secondary N) is 4. The number of hydrogen-bond acceptors (Lipinski definition) is 9. The zero-order chi connectivity index (χ0) is 29.5. The average molecular weight is 555 g/mol. The van der Waals surface area contributed by atoms with Gasteiger partial charge < -0.3 is 54.1 Å². The highest BCUT2D eigenvalue weighted by Gasteiger charge is 2.32. The van der Waals surface area contributed by atoms with Gasteiger partial charge in [0.2, 0.25) is 23.6 Å². The van der Waals surface area contributed by atoms with Crippen molar-refractivity contribution < 1.29 is 39.0 Å². The Bertz CT molecular complexity index is 1040. The number of carbonyl (C=O) groups is 6. The van der Waals surface area contributed by atoms with E-state index in [0.29, 0.717) is 12.1 Å². The molecule has 18 nitrogen and oxygen atoms in total. The van der Waals surface area contributed by atoms with E-state index in [1.165, 1.54) is 12.5 Å². The molecule has 1 aromatic rings. The Balaban J connectivity index is 3.00. The molecule has 4 unspecified atom stereocenters. The van der Waals surface area contributed by atoms with E-state index in [-0.39, 0.29) is 38.2 Å². The number of aliphatic carboxylic acids is 2. The minimum absolute atomic E-state index is 0.119. The molecule has 0 aliphatic rings. The summed E-state index contributed by atoms with van der Waals surface area (Å²) in [5.74, 6) is -6.69. The first-order valence-corrected chi connectivity index (χ1v) is 11.7. The number of hydrogen-bond donors (Lipinski definition) is 10. The molecule has 0 radical (unpaired) electrons. The number of aliphatic imine (C=N–C) groups is 1. The second-order valence-electron chi connectivity index (χ2n) is 8.46. The lowest BCUT2D eigenvalue weighted by Crippen LogP contribution is -2.58. The minimum atomic E-state index is -1.72. The molecule has 0 bridgehead atoms. The van der Waals surface area contributed by atoms with Gasteiger partial charge in [-0.15, -0.1) is 0 Å². The molecular formula is C21H34N10O8. The first kappa shape index (κ1) is 32.3. The van der Waals surface area contributed by atoms with Crippen molar-refractivity contribution in [2.24, 2.45) is 27.9 Å². The third-order valence-electron chi connectivity index (χ3n) is 5.22. The van der Waals surface area contributed by atoms with Crippen LogP contribution in [-0.2, 0) is 35.2 Å². The molecule has 39 heavy (non-hydrogen) atoms. The summed E-state index contributed by atoms with van der Waals surface area (Å²) in [6.07, 6.45) is 1.50. The quantitative estimate of drug-likeness (QED) is 0.0467. The molecule has 1 rings (SSSR count). The van der Waals surface area contributed by atoms with Crippen LogP contribution in [0.25, 0.3) is 0 Å². The molecular weight excluding hydrogens is 520 g/mol. The maximum absolute atomic E-state index is 13.1. The summed E-state index contributed by atoms with van der Waals surface area (Å²) in [5, 5.41) is 25.3. The molecule has 0 saturated carbocycles. The lowest BCUT2D eigenvalue weighted by atomic mass is 10.1. The van der Waals surface area contributed by atoms with Gasteiger partial charge in [-0.05, 0) is 19.3 Å². The number of imidazole rings is 1. The largest absolute Gasteiger partial charge is 0.481 e. The van der Waals surface area contributed by atoms with Crippen LogP contribution < -0.4 is 38.9 Å². The molecule has 0 fully saturated rings. The molecule has 14 N–H and O–H groups in total. The fourth-order valence-corrected chi connectivity index (χ4v) is 3.23. The van der Waals surface area contributed by atoms with Gasteiger partial charge in [0.15, 0.2) is 5.96 Å². The smallest absolute Gasteiger partial charge is 0.326 e. The number of carbonyl (C=O) groups excluding carboxylic acids is 4. The van der Waals surface area contributed by atoms with Crippen molar-refractivity contribution in [3.8, 4) is 0 Å². The zero-order valence-corrected chi connectivity index (χ0v) is 21.0. The maximum atomic E-state index is 13.1. The number of nitrogens with two attached hydrogens (primary N) is 4. The molecule has 4 atom stereocenters. The molecule has 0 aliphatic carbocycles. The average Bonchev–Trinajstić information content (AvgIpc) is 3.35. The fourth-order valence-electron chi connectivity index (χ4n) is 3.23. The highest BCUT2D eigenvalue weighted by atomic mass is 16.4. The number of rotatable bonds is 18. The molecule has 1 heterocycles. The van der Waals surface area contributed by atoms with E-state index >= 15 is 0 Å². The Morgan fingerprint density at radius 2 is 1.54 bits per heavy atom. The summed E-state index contributed by atoms with van der Waals surface area (Å²) in [6, 6.07) is -5.66. The molecule has 18 heteroatoms. The molecule has 4 amide bonds. The fraction of sp³-hybridized carbons (Fsp3) is 0.524. The normalized spacial score (nSPS) is 13.7. The van der Waals surface area contributed by atoms with Crippen molar-refractivity contribution in [1.29, 1.82) is 0 Å². The first-order chi connectivity index (χ1) is 18.3. The van der Waals surface area contributed by atoms with Crippen LogP contribution in [0.2, 0.25) is 0 Å². The molecule has 216 valence electrons. The van der Waals surface area contributed by atoms with Gasteiger partial charge >= 0.3 is 11.9 Å². The van der Waals surface area contributed by atoms with Gasteiger partial charge in [-0.1, -0.05) is 0 Å². The van der Waals surface area contributed by atoms with Crippen LogP contribution in [0.5, 0.6) is 0 Å². The van der Waals surface area contributed by atoms with E-state index < -0.39 is 66.2 Å². The van der Waals surface area contributed by atoms with Gasteiger partial charge in [0.05, 0.1) is 18.8 Å². The third-order valence-corrected chi connectivity index (χ3v) is 5.22. The second kappa shape index (κ2) is 16.2. The molecule has 0 aromatic carbocycles. The molecule has 0 saturated heterocycles. The van der Waals surface area contributed by atoms with Gasteiger partial charge in [-0.2, -0.15) is 0 Å². The maximum Gasteiger partial charge on any atom is 0.326 e. The van der Waals surface area contributed by atoms with E-state index in [9.17, 15) is 39.0 Å². The van der Waals surface area contributed by atoms with Crippen LogP contribution in [-0.4, -0.2) is 92.4 Å². The lowest BCUT2D eigenvalue weighted by Gasteiger charge is -2.24. The number of nitrogens with zero attached hydrogens (tertiary/aromatic N) is 2. The van der Waals surface area contributed by atoms with Gasteiger partial charge in [0, 0.05) is 31.3 Å². The molecule has 0 spiro atoms. The number of aromatic amines is 1. The number of carboxylic acids is 2. The Morgan fingerprint density at radius 1 is 0.923 bits per heavy atom. The van der Waals surface area contributed by atoms with Crippen molar-refractivity contribution in [2.75, 3.05) is 6.54 Å². The van der Waals surface area contributed by atoms with Gasteiger partial charge in [-0.3, -0.25) is 29.0 Å². The standard InChI is InChI=1S/C21H34N10O8/c22-11(2-1-5-27-21(24)25)17(35)30-13(6-10-8-26-9-28-10)18(36)31-14(7-16(33)34)19(37)29-12(20(38)39)3-4-15(23)32/h8-9,11-14H,1-7,22H2,(H2,23,32)(H,26,28)(H,29,37)(H,30,35)(H,31,36)(H,33,34)(H,38,39)(H4,24,25,27). The summed E-state index contributed by atoms with van der Waals surface area (Å²) in [5.41, 5.74) is 21.8. The Labute approximate surface area is 222 Å². The predicted octanol–water partition coefficient (Wildman–Crippen LogP) is -4.39. The summed E-state index contributed by atoms with van der Waals surface area (Å²) in [6.45, 7) is 0.226. The Hall–Kier alpha value is -4.74. The number of carboxylic acid groups (broad SMARTS) is 2. The van der Waals surface area contributed by atoms with E-state index in [2.05, 4.69) is 30.9 Å². The van der Waals surface area contributed by atoms with Gasteiger partial charge in [0.1, 0.15) is 18.1 Å². The molecule has 1 aromatic heterocycles. The van der Waals surface area contributed by atoms with E-state index in [4.69, 9.17) is 22.9 Å². The number of primary amides is 1. The van der Waals surface area contributed by atoms with Crippen molar-refractivity contribution >= 4 is 41.5 Å². The summed E-state index contributed by atoms with van der Waals surface area (Å²) < 4.78 is 0. The highest BCUT2D eigenvalue weighted by Crippen LogP contribution is 2.05. The van der Waals surface area contributed by atoms with Crippen LogP contribution in [0.4, 0.5) is 0 Å². The van der Waals surface area contributed by atoms with Gasteiger partial charge in [-0.25, -0.2) is 9.78 Å². The van der Waals surface area contributed by atoms with Crippen molar-refractivity contribution in [3.63, 3.8) is 0 Å². The monoisotopic (exact) mass is 554 g/mol. The van der Waals surface area contributed by atoms with Crippen molar-refractivity contribution in [1.82, 2.24) is 25.9 Å². The van der Waals surface area contributed by atoms with E-state index in [0.717, 1.165) is 0 Å². The summed E-state index contributed by atoms with van der Waals surface area (Å²) in [7, 11) is 0. The van der Waals surface area contributed by atoms with Crippen LogP contribution in [0.3, 0.4) is 0 Å². The number of guanidine groups is 1. The third kappa shape index (κ3) is 12.9. The van der Waals surface area contributed by atoms with Crippen molar-refractivity contribution in [3.05, 3.63) is 18.2 Å². The SMILES string of the molecule is NC(=O)CCC(NC(=O)C(CC(=O)O)NC(=O)C(Cc1cnc[nH]1)NC(=O)C(N)CCCN=C(N)N)C(=O)O. The topological polar surface area (TPSA) is 324 Å². The highest BCUT2D eigenvalue weighted by molar-refractivity contribution is 5.95. The summed E-state index contributed by atoms with van der Waals surface area (Å²) in [4.78, 5) is 82.7. The van der Waals surface area contributed by atoms with Crippen LogP contribution in [0, 0.1) is 0 Å². The second-order valence-corrected chi connectivity index (χ2v) is 8.46. The summed E-state index contributed by atoms with van der Waals surface area (Å²) >= 11 is 0. The van der Waals surface area contributed by atoms with E-state index in [1.807, 2.05) is 0 Å². The van der Waals surface area contributed by atoms with Crippen LogP contribution in [0.1, 0.15) is 37.8 Å². The minimum Gasteiger partial charge on any atom is -0.481 e. The zero-order valence-electron chi connectivity index (χ0n) is 21.0. The van der Waals surface area contributed by atoms with Gasteiger partial charge in [0.25, 0.3) is 0 Å². The number of amides is 4. The Kier molecular flexibility index (Phi) is 13.4. The number of H-pyrrole nitrogens is 1. The van der Waals surface area contributed by atoms with E-state index in [1.54, 1.807) is 0 Å². The predicted molar refractivity (Wildman–Crippen MR) is 134 cm³/mol. The number of aromatic nitrogens is 2. The molecule has 0 aliphatic heterocycles. The van der Waals surface area contributed by atoms with Crippen LogP contribution in [0.15, 0.2) is 17.5 Å².